The number of piperidine rings is 1. The molecule has 146 valence electrons. The molecular weight excluding hydrogens is 358 g/mol. The van der Waals surface area contributed by atoms with Gasteiger partial charge in [-0.25, -0.2) is 14.8 Å². The smallest absolute Gasteiger partial charge is 0.319 e. The molecule has 1 fully saturated rings. The maximum Gasteiger partial charge on any atom is 0.319 e. The van der Waals surface area contributed by atoms with Crippen LogP contribution in [0.3, 0.4) is 0 Å². The zero-order chi connectivity index (χ0) is 19.7. The summed E-state index contributed by atoms with van der Waals surface area (Å²) in [5, 5.41) is 5.90. The molecule has 9 nitrogen and oxygen atoms in total. The molecule has 0 aliphatic carbocycles. The lowest BCUT2D eigenvalue weighted by atomic mass is 10.1. The van der Waals surface area contributed by atoms with Crippen LogP contribution in [-0.2, 0) is 7.05 Å². The second kappa shape index (κ2) is 7.34. The van der Waals surface area contributed by atoms with E-state index in [4.69, 9.17) is 0 Å². The zero-order valence-electron chi connectivity index (χ0n) is 15.9. The Morgan fingerprint density at radius 2 is 2.07 bits per heavy atom. The number of pyridine rings is 1. The molecule has 0 bridgehead atoms. The van der Waals surface area contributed by atoms with Crippen LogP contribution in [0.4, 0.5) is 16.3 Å². The lowest BCUT2D eigenvalue weighted by Crippen LogP contribution is -2.50. The van der Waals surface area contributed by atoms with Crippen molar-refractivity contribution in [2.24, 2.45) is 7.05 Å². The summed E-state index contributed by atoms with van der Waals surface area (Å²) in [5.74, 6) is 0.429. The molecule has 2 amide bonds. The number of nitrogens with zero attached hydrogens (tertiary/aromatic N) is 5. The van der Waals surface area contributed by atoms with Gasteiger partial charge in [0.15, 0.2) is 5.82 Å². The average molecular weight is 381 g/mol. The van der Waals surface area contributed by atoms with Crippen molar-refractivity contribution in [1.82, 2.24) is 24.3 Å². The lowest BCUT2D eigenvalue weighted by Gasteiger charge is -2.33. The third-order valence-corrected chi connectivity index (χ3v) is 4.98. The fraction of sp³-hybridized carbons (Fsp3) is 0.368. The molecule has 9 heteroatoms. The van der Waals surface area contributed by atoms with Crippen LogP contribution >= 0.6 is 0 Å². The molecule has 1 aliphatic rings. The quantitative estimate of drug-likeness (QED) is 0.717. The summed E-state index contributed by atoms with van der Waals surface area (Å²) < 4.78 is 3.39. The van der Waals surface area contributed by atoms with Gasteiger partial charge in [-0.1, -0.05) is 0 Å². The molecule has 0 spiro atoms. The summed E-state index contributed by atoms with van der Waals surface area (Å²) in [5.41, 5.74) is 2.42. The van der Waals surface area contributed by atoms with Crippen molar-refractivity contribution in [2.45, 2.75) is 25.8 Å². The van der Waals surface area contributed by atoms with Gasteiger partial charge in [-0.2, -0.15) is 0 Å². The number of anilines is 2. The van der Waals surface area contributed by atoms with Crippen LogP contribution in [-0.4, -0.2) is 44.1 Å². The van der Waals surface area contributed by atoms with E-state index in [1.165, 1.54) is 4.57 Å². The summed E-state index contributed by atoms with van der Waals surface area (Å²) >= 11 is 0. The number of nitrogens with one attached hydrogen (secondary N) is 2. The Morgan fingerprint density at radius 1 is 1.25 bits per heavy atom. The minimum atomic E-state index is -0.264. The van der Waals surface area contributed by atoms with Gasteiger partial charge < -0.3 is 24.5 Å². The summed E-state index contributed by atoms with van der Waals surface area (Å²) in [4.78, 5) is 35.2. The molecule has 3 aromatic heterocycles. The van der Waals surface area contributed by atoms with Crippen molar-refractivity contribution in [2.75, 3.05) is 23.3 Å². The summed E-state index contributed by atoms with van der Waals surface area (Å²) in [6, 6.07) is 1.57. The summed E-state index contributed by atoms with van der Waals surface area (Å²) in [6.07, 6.45) is 10.4. The molecule has 4 rings (SSSR count). The molecule has 1 saturated heterocycles. The Hall–Kier alpha value is -3.36. The van der Waals surface area contributed by atoms with E-state index < -0.39 is 0 Å². The molecule has 3 aromatic rings. The van der Waals surface area contributed by atoms with Crippen molar-refractivity contribution < 1.29 is 4.79 Å². The number of rotatable bonds is 3. The molecule has 1 atom stereocenters. The third-order valence-electron chi connectivity index (χ3n) is 4.98. The van der Waals surface area contributed by atoms with Gasteiger partial charge >= 0.3 is 6.03 Å². The van der Waals surface area contributed by atoms with Crippen LogP contribution in [0.15, 0.2) is 41.8 Å². The molecule has 4 heterocycles. The number of amides is 2. The van der Waals surface area contributed by atoms with E-state index >= 15 is 0 Å². The predicted molar refractivity (Wildman–Crippen MR) is 107 cm³/mol. The van der Waals surface area contributed by atoms with Crippen molar-refractivity contribution >= 4 is 23.2 Å². The van der Waals surface area contributed by atoms with Crippen LogP contribution in [0.5, 0.6) is 0 Å². The normalized spacial score (nSPS) is 16.9. The van der Waals surface area contributed by atoms with E-state index in [0.717, 1.165) is 30.6 Å². The second-order valence-corrected chi connectivity index (χ2v) is 7.12. The summed E-state index contributed by atoms with van der Waals surface area (Å²) in [6.45, 7) is 3.26. The monoisotopic (exact) mass is 381 g/mol. The number of aryl methyl sites for hydroxylation is 2. The first kappa shape index (κ1) is 18.0. The number of imidazole rings is 1. The van der Waals surface area contributed by atoms with E-state index in [0.29, 0.717) is 18.1 Å². The van der Waals surface area contributed by atoms with E-state index in [-0.39, 0.29) is 17.6 Å². The first-order valence-corrected chi connectivity index (χ1v) is 9.28. The molecular formula is C19H23N7O2. The predicted octanol–water partition coefficient (Wildman–Crippen LogP) is 1.53. The Labute approximate surface area is 162 Å². The number of hydrogen-bond donors (Lipinski definition) is 2. The third kappa shape index (κ3) is 3.55. The van der Waals surface area contributed by atoms with Gasteiger partial charge in [-0.05, 0) is 31.4 Å². The van der Waals surface area contributed by atoms with Crippen molar-refractivity contribution in [1.29, 1.82) is 0 Å². The van der Waals surface area contributed by atoms with Crippen LogP contribution in [0, 0.1) is 6.92 Å². The fourth-order valence-corrected chi connectivity index (χ4v) is 3.62. The highest BCUT2D eigenvalue weighted by molar-refractivity contribution is 5.89. The van der Waals surface area contributed by atoms with Gasteiger partial charge in [0.05, 0.1) is 5.69 Å². The van der Waals surface area contributed by atoms with Crippen molar-refractivity contribution in [3.8, 4) is 0 Å². The molecule has 0 saturated carbocycles. The largest absolute Gasteiger partial charge is 0.350 e. The Bertz CT molecular complexity index is 1070. The van der Waals surface area contributed by atoms with Gasteiger partial charge in [-0.3, -0.25) is 4.79 Å². The Kier molecular flexibility index (Phi) is 4.72. The van der Waals surface area contributed by atoms with Crippen LogP contribution in [0.2, 0.25) is 0 Å². The van der Waals surface area contributed by atoms with E-state index in [1.807, 2.05) is 34.7 Å². The van der Waals surface area contributed by atoms with Crippen LogP contribution in [0.25, 0.3) is 5.65 Å². The maximum absolute atomic E-state index is 12.5. The number of urea groups is 1. The lowest BCUT2D eigenvalue weighted by molar-refractivity contribution is 0.246. The molecule has 1 unspecified atom stereocenters. The van der Waals surface area contributed by atoms with Crippen LogP contribution in [0.1, 0.15) is 18.4 Å². The zero-order valence-corrected chi connectivity index (χ0v) is 15.9. The molecule has 0 radical (unpaired) electrons. The average Bonchev–Trinajstić information content (AvgIpc) is 3.13. The van der Waals surface area contributed by atoms with Gasteiger partial charge in [0.25, 0.3) is 5.56 Å². The highest BCUT2D eigenvalue weighted by atomic mass is 16.2. The Morgan fingerprint density at radius 3 is 2.93 bits per heavy atom. The van der Waals surface area contributed by atoms with E-state index in [1.54, 1.807) is 25.6 Å². The van der Waals surface area contributed by atoms with Gasteiger partial charge in [0.1, 0.15) is 5.65 Å². The van der Waals surface area contributed by atoms with Gasteiger partial charge in [-0.15, -0.1) is 0 Å². The number of carbonyl (C=O) groups excluding carboxylic acids is 1. The standard InChI is InChI=1S/C19H23N7O2/c1-13-10-15(12-26-9-6-20-16(13)26)23-19(28)22-14-4-3-7-25(11-14)17-18(27)24(2)8-5-21-17/h5-6,8-10,12,14H,3-4,7,11H2,1-2H3,(H2,22,23,28). The maximum atomic E-state index is 12.5. The minimum absolute atomic E-state index is 0.0569. The van der Waals surface area contributed by atoms with E-state index in [2.05, 4.69) is 20.6 Å². The number of fused-ring (bicyclic) bond motifs is 1. The molecule has 28 heavy (non-hydrogen) atoms. The van der Waals surface area contributed by atoms with E-state index in [9.17, 15) is 9.59 Å². The SMILES string of the molecule is Cc1cc(NC(=O)NC2CCCN(c3nccn(C)c3=O)C2)cn2ccnc12. The second-order valence-electron chi connectivity index (χ2n) is 7.12. The fourth-order valence-electron chi connectivity index (χ4n) is 3.62. The topological polar surface area (TPSA) is 96.6 Å². The molecule has 2 N–H and O–H groups in total. The highest BCUT2D eigenvalue weighted by Crippen LogP contribution is 2.17. The molecule has 1 aliphatic heterocycles. The first-order valence-electron chi connectivity index (χ1n) is 9.28. The highest BCUT2D eigenvalue weighted by Gasteiger charge is 2.24. The van der Waals surface area contributed by atoms with Gasteiger partial charge in [0.2, 0.25) is 0 Å². The number of hydrogen-bond acceptors (Lipinski definition) is 5. The van der Waals surface area contributed by atoms with Crippen molar-refractivity contribution in [3.05, 3.63) is 53.0 Å². The Balaban J connectivity index is 1.42. The summed E-state index contributed by atoms with van der Waals surface area (Å²) in [7, 11) is 1.71. The minimum Gasteiger partial charge on any atom is -0.350 e. The molecule has 0 aromatic carbocycles. The van der Waals surface area contributed by atoms with Crippen LogP contribution < -0.4 is 21.1 Å². The van der Waals surface area contributed by atoms with Crippen molar-refractivity contribution in [3.63, 3.8) is 0 Å². The number of aromatic nitrogens is 4. The van der Waals surface area contributed by atoms with Gasteiger partial charge in [0, 0.05) is 57.2 Å². The first-order chi connectivity index (χ1) is 13.5. The number of carbonyl (C=O) groups is 1.